The third kappa shape index (κ3) is 2.84. The molecular formula is C15H20O3. The molecule has 0 saturated heterocycles. The quantitative estimate of drug-likeness (QED) is 0.766. The van der Waals surface area contributed by atoms with Gasteiger partial charge in [0.05, 0.1) is 7.11 Å². The number of fused-ring (bicyclic) bond motifs is 1. The van der Waals surface area contributed by atoms with Crippen LogP contribution < -0.4 is 4.74 Å². The van der Waals surface area contributed by atoms with Crippen LogP contribution in [-0.2, 0) is 16.0 Å². The van der Waals surface area contributed by atoms with E-state index >= 15 is 0 Å². The fourth-order valence-corrected chi connectivity index (χ4v) is 2.42. The molecule has 1 aliphatic rings. The second-order valence-corrected chi connectivity index (χ2v) is 4.69. The molecule has 0 aliphatic heterocycles. The van der Waals surface area contributed by atoms with E-state index in [9.17, 15) is 4.79 Å². The average Bonchev–Trinajstić information content (AvgIpc) is 2.38. The molecule has 1 aromatic rings. The van der Waals surface area contributed by atoms with Crippen LogP contribution in [-0.4, -0.2) is 13.1 Å². The second-order valence-electron chi connectivity index (χ2n) is 4.69. The van der Waals surface area contributed by atoms with E-state index in [1.54, 1.807) is 7.11 Å². The molecule has 1 aromatic carbocycles. The molecule has 0 amide bonds. The third-order valence-corrected chi connectivity index (χ3v) is 3.34. The first-order chi connectivity index (χ1) is 8.74. The second kappa shape index (κ2) is 5.89. The monoisotopic (exact) mass is 248 g/mol. The van der Waals surface area contributed by atoms with Gasteiger partial charge in [0.25, 0.3) is 0 Å². The minimum absolute atomic E-state index is 0.0706. The maximum atomic E-state index is 11.6. The molecule has 0 spiro atoms. The standard InChI is InChI=1S/C15H20O3/c1-3-5-15(16)18-14-7-4-6-11-10-12(17-2)8-9-13(11)14/h8-10,14H,3-7H2,1-2H3/t14-/m0/s1. The Bertz CT molecular complexity index is 426. The fraction of sp³-hybridized carbons (Fsp3) is 0.533. The molecule has 0 heterocycles. The molecule has 3 nitrogen and oxygen atoms in total. The summed E-state index contributed by atoms with van der Waals surface area (Å²) in [7, 11) is 1.67. The fourth-order valence-electron chi connectivity index (χ4n) is 2.42. The third-order valence-electron chi connectivity index (χ3n) is 3.34. The van der Waals surface area contributed by atoms with Crippen LogP contribution in [0.25, 0.3) is 0 Å². The molecule has 0 N–H and O–H groups in total. The van der Waals surface area contributed by atoms with E-state index in [0.717, 1.165) is 37.0 Å². The molecule has 2 rings (SSSR count). The summed E-state index contributed by atoms with van der Waals surface area (Å²) >= 11 is 0. The summed E-state index contributed by atoms with van der Waals surface area (Å²) in [6, 6.07) is 6.01. The summed E-state index contributed by atoms with van der Waals surface area (Å²) in [5, 5.41) is 0. The molecule has 3 heteroatoms. The number of carbonyl (C=O) groups is 1. The zero-order valence-electron chi connectivity index (χ0n) is 11.1. The molecule has 0 bridgehead atoms. The van der Waals surface area contributed by atoms with E-state index in [4.69, 9.17) is 9.47 Å². The Morgan fingerprint density at radius 3 is 3.00 bits per heavy atom. The zero-order valence-corrected chi connectivity index (χ0v) is 11.1. The number of esters is 1. The van der Waals surface area contributed by atoms with E-state index in [2.05, 4.69) is 6.07 Å². The molecule has 0 fully saturated rings. The number of ether oxygens (including phenoxy) is 2. The lowest BCUT2D eigenvalue weighted by Gasteiger charge is -2.25. The van der Waals surface area contributed by atoms with Gasteiger partial charge in [0.2, 0.25) is 0 Å². The van der Waals surface area contributed by atoms with Gasteiger partial charge in [-0.3, -0.25) is 4.79 Å². The number of methoxy groups -OCH3 is 1. The van der Waals surface area contributed by atoms with Gasteiger partial charge in [0.15, 0.2) is 0 Å². The normalized spacial score (nSPS) is 18.0. The molecule has 98 valence electrons. The van der Waals surface area contributed by atoms with Crippen LogP contribution in [0.2, 0.25) is 0 Å². The molecule has 0 aromatic heterocycles. The Labute approximate surface area is 108 Å². The van der Waals surface area contributed by atoms with Gasteiger partial charge in [-0.15, -0.1) is 0 Å². The van der Waals surface area contributed by atoms with Crippen LogP contribution in [0.4, 0.5) is 0 Å². The first kappa shape index (κ1) is 12.9. The Morgan fingerprint density at radius 2 is 2.28 bits per heavy atom. The molecule has 0 saturated carbocycles. The van der Waals surface area contributed by atoms with Gasteiger partial charge in [0, 0.05) is 6.42 Å². The van der Waals surface area contributed by atoms with E-state index in [0.29, 0.717) is 6.42 Å². The molecule has 1 aliphatic carbocycles. The number of aryl methyl sites for hydroxylation is 1. The summed E-state index contributed by atoms with van der Waals surface area (Å²) in [6.45, 7) is 1.99. The topological polar surface area (TPSA) is 35.5 Å². The Morgan fingerprint density at radius 1 is 1.44 bits per heavy atom. The van der Waals surface area contributed by atoms with Gasteiger partial charge in [-0.05, 0) is 48.9 Å². The van der Waals surface area contributed by atoms with E-state index < -0.39 is 0 Å². The number of carbonyl (C=O) groups excluding carboxylic acids is 1. The predicted molar refractivity (Wildman–Crippen MR) is 69.7 cm³/mol. The largest absolute Gasteiger partial charge is 0.497 e. The molecule has 18 heavy (non-hydrogen) atoms. The highest BCUT2D eigenvalue weighted by molar-refractivity contribution is 5.69. The molecular weight excluding hydrogens is 228 g/mol. The van der Waals surface area contributed by atoms with E-state index in [1.807, 2.05) is 19.1 Å². The van der Waals surface area contributed by atoms with Gasteiger partial charge < -0.3 is 9.47 Å². The van der Waals surface area contributed by atoms with Crippen LogP contribution in [0, 0.1) is 0 Å². The van der Waals surface area contributed by atoms with Crippen LogP contribution in [0.15, 0.2) is 18.2 Å². The highest BCUT2D eigenvalue weighted by atomic mass is 16.5. The lowest BCUT2D eigenvalue weighted by atomic mass is 9.89. The minimum atomic E-state index is -0.0915. The molecule has 0 unspecified atom stereocenters. The predicted octanol–water partition coefficient (Wildman–Crippen LogP) is 3.42. The Kier molecular flexibility index (Phi) is 4.24. The number of hydrogen-bond acceptors (Lipinski definition) is 3. The van der Waals surface area contributed by atoms with Crippen molar-refractivity contribution in [3.63, 3.8) is 0 Å². The van der Waals surface area contributed by atoms with Crippen molar-refractivity contribution in [3.8, 4) is 5.75 Å². The smallest absolute Gasteiger partial charge is 0.306 e. The minimum Gasteiger partial charge on any atom is -0.497 e. The lowest BCUT2D eigenvalue weighted by Crippen LogP contribution is -2.16. The SMILES string of the molecule is CCCC(=O)O[C@H]1CCCc2cc(OC)ccc21. The van der Waals surface area contributed by atoms with Gasteiger partial charge in [-0.25, -0.2) is 0 Å². The number of hydrogen-bond donors (Lipinski definition) is 0. The summed E-state index contributed by atoms with van der Waals surface area (Å²) in [5.41, 5.74) is 2.39. The maximum Gasteiger partial charge on any atom is 0.306 e. The first-order valence-electron chi connectivity index (χ1n) is 6.61. The van der Waals surface area contributed by atoms with Crippen molar-refractivity contribution in [3.05, 3.63) is 29.3 Å². The average molecular weight is 248 g/mol. The van der Waals surface area contributed by atoms with E-state index in [-0.39, 0.29) is 12.1 Å². The van der Waals surface area contributed by atoms with Gasteiger partial charge in [-0.2, -0.15) is 0 Å². The van der Waals surface area contributed by atoms with Gasteiger partial charge in [-0.1, -0.05) is 13.0 Å². The van der Waals surface area contributed by atoms with Crippen molar-refractivity contribution in [2.45, 2.75) is 45.1 Å². The van der Waals surface area contributed by atoms with Gasteiger partial charge >= 0.3 is 5.97 Å². The van der Waals surface area contributed by atoms with Crippen molar-refractivity contribution < 1.29 is 14.3 Å². The summed E-state index contributed by atoms with van der Waals surface area (Å²) < 4.78 is 10.8. The number of benzene rings is 1. The Hall–Kier alpha value is -1.51. The first-order valence-corrected chi connectivity index (χ1v) is 6.61. The van der Waals surface area contributed by atoms with Gasteiger partial charge in [0.1, 0.15) is 11.9 Å². The number of rotatable bonds is 4. The molecule has 0 radical (unpaired) electrons. The highest BCUT2D eigenvalue weighted by Gasteiger charge is 2.23. The van der Waals surface area contributed by atoms with Crippen molar-refractivity contribution in [2.24, 2.45) is 0 Å². The maximum absolute atomic E-state index is 11.6. The Balaban J connectivity index is 2.15. The zero-order chi connectivity index (χ0) is 13.0. The van der Waals surface area contributed by atoms with Crippen molar-refractivity contribution in [1.29, 1.82) is 0 Å². The van der Waals surface area contributed by atoms with Crippen molar-refractivity contribution in [2.75, 3.05) is 7.11 Å². The summed E-state index contributed by atoms with van der Waals surface area (Å²) in [5.74, 6) is 0.778. The highest BCUT2D eigenvalue weighted by Crippen LogP contribution is 2.34. The van der Waals surface area contributed by atoms with Crippen LogP contribution in [0.3, 0.4) is 0 Å². The lowest BCUT2D eigenvalue weighted by molar-refractivity contribution is -0.150. The van der Waals surface area contributed by atoms with Crippen molar-refractivity contribution >= 4 is 5.97 Å². The molecule has 1 atom stereocenters. The van der Waals surface area contributed by atoms with Crippen LogP contribution >= 0.6 is 0 Å². The van der Waals surface area contributed by atoms with Crippen molar-refractivity contribution in [1.82, 2.24) is 0 Å². The van der Waals surface area contributed by atoms with E-state index in [1.165, 1.54) is 5.56 Å². The summed E-state index contributed by atoms with van der Waals surface area (Å²) in [6.07, 6.45) is 4.29. The summed E-state index contributed by atoms with van der Waals surface area (Å²) in [4.78, 5) is 11.6. The van der Waals surface area contributed by atoms with Crippen LogP contribution in [0.5, 0.6) is 5.75 Å². The van der Waals surface area contributed by atoms with Crippen LogP contribution in [0.1, 0.15) is 49.8 Å².